The lowest BCUT2D eigenvalue weighted by molar-refractivity contribution is -0.113. The highest BCUT2D eigenvalue weighted by molar-refractivity contribution is 6.07. The van der Waals surface area contributed by atoms with E-state index >= 15 is 0 Å². The van der Waals surface area contributed by atoms with Crippen molar-refractivity contribution in [3.63, 3.8) is 0 Å². The van der Waals surface area contributed by atoms with Crippen LogP contribution in [0.3, 0.4) is 0 Å². The van der Waals surface area contributed by atoms with Gasteiger partial charge in [0.1, 0.15) is 12.4 Å². The zero-order valence-corrected chi connectivity index (χ0v) is 12.7. The van der Waals surface area contributed by atoms with Crippen LogP contribution in [0.25, 0.3) is 6.08 Å². The molecule has 1 atom stereocenters. The Morgan fingerprint density at radius 2 is 2.26 bits per heavy atom. The second kappa shape index (κ2) is 5.89. The minimum absolute atomic E-state index is 0.172. The average Bonchev–Trinajstić information content (AvgIpc) is 3.25. The van der Waals surface area contributed by atoms with E-state index in [4.69, 9.17) is 4.74 Å². The van der Waals surface area contributed by atoms with Crippen LogP contribution in [0, 0.1) is 0 Å². The molecule has 1 unspecified atom stereocenters. The Morgan fingerprint density at radius 3 is 3.13 bits per heavy atom. The number of rotatable bonds is 3. The van der Waals surface area contributed by atoms with Crippen molar-refractivity contribution in [3.05, 3.63) is 47.7 Å². The summed E-state index contributed by atoms with van der Waals surface area (Å²) in [5.41, 5.74) is 1.52. The summed E-state index contributed by atoms with van der Waals surface area (Å²) in [5, 5.41) is 10.6. The van der Waals surface area contributed by atoms with Gasteiger partial charge in [-0.2, -0.15) is 5.10 Å². The molecule has 2 aliphatic rings. The zero-order valence-electron chi connectivity index (χ0n) is 12.7. The predicted molar refractivity (Wildman–Crippen MR) is 87.3 cm³/mol. The Bertz CT molecular complexity index is 759. The fraction of sp³-hybridized carbons (Fsp3) is 0.294. The average molecular weight is 310 g/mol. The highest BCUT2D eigenvalue weighted by Gasteiger charge is 2.20. The minimum atomic E-state index is -0.172. The Hall–Kier alpha value is -2.60. The molecule has 1 fully saturated rings. The molecular weight excluding hydrogens is 292 g/mol. The number of nitrogens with one attached hydrogen (secondary N) is 2. The smallest absolute Gasteiger partial charge is 0.256 e. The number of carbonyl (C=O) groups excluding carboxylic acids is 1. The first-order chi connectivity index (χ1) is 11.3. The lowest BCUT2D eigenvalue weighted by Gasteiger charge is -2.17. The third-order valence-corrected chi connectivity index (χ3v) is 4.18. The van der Waals surface area contributed by atoms with Crippen molar-refractivity contribution >= 4 is 17.8 Å². The molecule has 118 valence electrons. The van der Waals surface area contributed by atoms with Crippen LogP contribution < -0.4 is 15.4 Å². The summed E-state index contributed by atoms with van der Waals surface area (Å²) in [6.07, 6.45) is 4.84. The van der Waals surface area contributed by atoms with Gasteiger partial charge in [-0.25, -0.2) is 0 Å². The summed E-state index contributed by atoms with van der Waals surface area (Å²) in [6.45, 7) is 2.21. The highest BCUT2D eigenvalue weighted by Crippen LogP contribution is 2.26. The number of hydrogen-bond donors (Lipinski definition) is 2. The molecule has 0 bridgehead atoms. The first-order valence-electron chi connectivity index (χ1n) is 7.79. The number of aromatic nitrogens is 2. The van der Waals surface area contributed by atoms with Crippen molar-refractivity contribution in [2.45, 2.75) is 12.5 Å². The Balaban J connectivity index is 1.47. The third kappa shape index (κ3) is 2.85. The van der Waals surface area contributed by atoms with Gasteiger partial charge in [-0.3, -0.25) is 9.48 Å². The second-order valence-electron chi connectivity index (χ2n) is 5.78. The SMILES string of the molecule is O=C(Nc1ccn(C2CCNC2)n1)C1=Cc2ccccc2OC1. The van der Waals surface area contributed by atoms with Crippen molar-refractivity contribution in [2.75, 3.05) is 25.0 Å². The summed E-state index contributed by atoms with van der Waals surface area (Å²) in [6, 6.07) is 9.87. The van der Waals surface area contributed by atoms with Crippen molar-refractivity contribution in [3.8, 4) is 5.75 Å². The standard InChI is InChI=1S/C17H18N4O2/c22-17(13-9-12-3-1-2-4-15(12)23-11-13)19-16-6-8-21(20-16)14-5-7-18-10-14/h1-4,6,8-9,14,18H,5,7,10-11H2,(H,19,20,22). The molecule has 0 spiro atoms. The molecule has 3 heterocycles. The molecule has 2 aliphatic heterocycles. The maximum Gasteiger partial charge on any atom is 0.256 e. The minimum Gasteiger partial charge on any atom is -0.488 e. The first-order valence-corrected chi connectivity index (χ1v) is 7.79. The maximum atomic E-state index is 12.4. The summed E-state index contributed by atoms with van der Waals surface area (Å²) < 4.78 is 7.53. The normalized spacial score (nSPS) is 19.7. The van der Waals surface area contributed by atoms with Crippen LogP contribution in [0.1, 0.15) is 18.0 Å². The fourth-order valence-corrected chi connectivity index (χ4v) is 2.92. The van der Waals surface area contributed by atoms with Gasteiger partial charge in [0, 0.05) is 24.4 Å². The quantitative estimate of drug-likeness (QED) is 0.907. The Labute approximate surface area is 134 Å². The van der Waals surface area contributed by atoms with E-state index < -0.39 is 0 Å². The van der Waals surface area contributed by atoms with E-state index in [1.165, 1.54) is 0 Å². The lowest BCUT2D eigenvalue weighted by Crippen LogP contribution is -2.21. The van der Waals surface area contributed by atoms with E-state index in [0.29, 0.717) is 17.4 Å². The van der Waals surface area contributed by atoms with Gasteiger partial charge in [-0.05, 0) is 25.1 Å². The molecule has 0 radical (unpaired) electrons. The summed E-state index contributed by atoms with van der Waals surface area (Å²) in [5.74, 6) is 1.21. The van der Waals surface area contributed by atoms with E-state index in [-0.39, 0.29) is 12.5 Å². The zero-order chi connectivity index (χ0) is 15.6. The summed E-state index contributed by atoms with van der Waals surface area (Å²) in [4.78, 5) is 12.4. The van der Waals surface area contributed by atoms with E-state index in [2.05, 4.69) is 15.7 Å². The largest absolute Gasteiger partial charge is 0.488 e. The van der Waals surface area contributed by atoms with Crippen LogP contribution in [0.15, 0.2) is 42.1 Å². The van der Waals surface area contributed by atoms with Crippen LogP contribution in [0.2, 0.25) is 0 Å². The van der Waals surface area contributed by atoms with Gasteiger partial charge in [0.15, 0.2) is 5.82 Å². The number of carbonyl (C=O) groups is 1. The molecule has 0 aliphatic carbocycles. The molecule has 1 aromatic carbocycles. The molecule has 1 amide bonds. The number of anilines is 1. The van der Waals surface area contributed by atoms with E-state index in [9.17, 15) is 4.79 Å². The molecule has 6 nitrogen and oxygen atoms in total. The van der Waals surface area contributed by atoms with Crippen LogP contribution >= 0.6 is 0 Å². The van der Waals surface area contributed by atoms with E-state index in [1.807, 2.05) is 47.3 Å². The first kappa shape index (κ1) is 14.0. The van der Waals surface area contributed by atoms with Crippen molar-refractivity contribution in [1.82, 2.24) is 15.1 Å². The predicted octanol–water partition coefficient (Wildman–Crippen LogP) is 1.83. The van der Waals surface area contributed by atoms with E-state index in [1.54, 1.807) is 0 Å². The topological polar surface area (TPSA) is 68.2 Å². The van der Waals surface area contributed by atoms with Gasteiger partial charge < -0.3 is 15.4 Å². The molecule has 2 N–H and O–H groups in total. The monoisotopic (exact) mass is 310 g/mol. The van der Waals surface area contributed by atoms with Crippen molar-refractivity contribution < 1.29 is 9.53 Å². The Kier molecular flexibility index (Phi) is 3.59. The summed E-state index contributed by atoms with van der Waals surface area (Å²) >= 11 is 0. The molecule has 4 rings (SSSR count). The highest BCUT2D eigenvalue weighted by atomic mass is 16.5. The van der Waals surface area contributed by atoms with Crippen LogP contribution in [-0.4, -0.2) is 35.4 Å². The number of fused-ring (bicyclic) bond motifs is 1. The lowest BCUT2D eigenvalue weighted by atomic mass is 10.1. The number of para-hydroxylation sites is 1. The van der Waals surface area contributed by atoms with Crippen LogP contribution in [-0.2, 0) is 4.79 Å². The van der Waals surface area contributed by atoms with Crippen molar-refractivity contribution in [2.24, 2.45) is 0 Å². The Morgan fingerprint density at radius 1 is 1.35 bits per heavy atom. The molecule has 6 heteroatoms. The van der Waals surface area contributed by atoms with Crippen molar-refractivity contribution in [1.29, 1.82) is 0 Å². The van der Waals surface area contributed by atoms with Crippen LogP contribution in [0.5, 0.6) is 5.75 Å². The maximum absolute atomic E-state index is 12.4. The molecule has 1 aromatic heterocycles. The van der Waals surface area contributed by atoms with Gasteiger partial charge >= 0.3 is 0 Å². The summed E-state index contributed by atoms with van der Waals surface area (Å²) in [7, 11) is 0. The van der Waals surface area contributed by atoms with Crippen LogP contribution in [0.4, 0.5) is 5.82 Å². The molecular formula is C17H18N4O2. The molecule has 0 saturated carbocycles. The third-order valence-electron chi connectivity index (χ3n) is 4.18. The number of benzene rings is 1. The molecule has 23 heavy (non-hydrogen) atoms. The molecule has 2 aromatic rings. The molecule has 1 saturated heterocycles. The van der Waals surface area contributed by atoms with Gasteiger partial charge in [-0.1, -0.05) is 18.2 Å². The number of nitrogens with zero attached hydrogens (tertiary/aromatic N) is 2. The van der Waals surface area contributed by atoms with E-state index in [0.717, 1.165) is 30.8 Å². The number of ether oxygens (including phenoxy) is 1. The van der Waals surface area contributed by atoms with Gasteiger partial charge in [-0.15, -0.1) is 0 Å². The van der Waals surface area contributed by atoms with Gasteiger partial charge in [0.2, 0.25) is 0 Å². The fourth-order valence-electron chi connectivity index (χ4n) is 2.92. The van der Waals surface area contributed by atoms with Gasteiger partial charge in [0.25, 0.3) is 5.91 Å². The number of amides is 1. The number of hydrogen-bond acceptors (Lipinski definition) is 4. The van der Waals surface area contributed by atoms with Gasteiger partial charge in [0.05, 0.1) is 11.6 Å². The second-order valence-corrected chi connectivity index (χ2v) is 5.78.